The van der Waals surface area contributed by atoms with Crippen molar-refractivity contribution in [1.29, 1.82) is 0 Å². The lowest BCUT2D eigenvalue weighted by Gasteiger charge is -2.14. The average molecular weight is 433 g/mol. The first-order chi connectivity index (χ1) is 14.2. The van der Waals surface area contributed by atoms with Crippen LogP contribution in [0.5, 0.6) is 0 Å². The van der Waals surface area contributed by atoms with E-state index >= 15 is 0 Å². The van der Waals surface area contributed by atoms with E-state index in [4.69, 9.17) is 0 Å². The highest BCUT2D eigenvalue weighted by Crippen LogP contribution is 2.38. The van der Waals surface area contributed by atoms with Crippen LogP contribution in [0.25, 0.3) is 10.1 Å². The number of anilines is 1. The summed E-state index contributed by atoms with van der Waals surface area (Å²) in [5, 5.41) is 11.0. The Morgan fingerprint density at radius 3 is 2.53 bits per heavy atom. The smallest absolute Gasteiger partial charge is 0.340 e. The Kier molecular flexibility index (Phi) is 6.03. The molecule has 0 bridgehead atoms. The quantitative estimate of drug-likeness (QED) is 0.349. The van der Waals surface area contributed by atoms with E-state index in [0.717, 1.165) is 16.9 Å². The molecule has 3 aromatic rings. The zero-order chi connectivity index (χ0) is 21.9. The number of aromatic nitrogens is 1. The number of nitro benzene ring substituents is 1. The van der Waals surface area contributed by atoms with E-state index in [1.807, 2.05) is 30.3 Å². The van der Waals surface area contributed by atoms with Crippen molar-refractivity contribution in [2.24, 2.45) is 0 Å². The van der Waals surface area contributed by atoms with Gasteiger partial charge in [-0.1, -0.05) is 53.5 Å². The number of non-ortho nitro benzene ring substituents is 1. The van der Waals surface area contributed by atoms with E-state index in [1.54, 1.807) is 7.05 Å². The molecule has 1 heterocycles. The minimum atomic E-state index is -4.82. The number of nitro groups is 1. The van der Waals surface area contributed by atoms with Crippen molar-refractivity contribution in [2.45, 2.75) is 12.6 Å². The summed E-state index contributed by atoms with van der Waals surface area (Å²) in [7, 11) is 1.59. The fourth-order valence-electron chi connectivity index (χ4n) is 2.61. The molecule has 6 nitrogen and oxygen atoms in total. The zero-order valence-electron chi connectivity index (χ0n) is 15.6. The van der Waals surface area contributed by atoms with E-state index < -0.39 is 33.3 Å². The van der Waals surface area contributed by atoms with Crippen LogP contribution in [0, 0.1) is 22.0 Å². The summed E-state index contributed by atoms with van der Waals surface area (Å²) in [4.78, 5) is 28.0. The number of alkyl halides is 3. The lowest BCUT2D eigenvalue weighted by Crippen LogP contribution is -2.21. The third-order valence-corrected chi connectivity index (χ3v) is 5.34. The molecule has 0 aliphatic heterocycles. The fraction of sp³-hybridized carbons (Fsp3) is 0.200. The van der Waals surface area contributed by atoms with Gasteiger partial charge < -0.3 is 4.90 Å². The summed E-state index contributed by atoms with van der Waals surface area (Å²) >= 11 is 0.776. The normalized spacial score (nSPS) is 11.1. The Balaban J connectivity index is 1.93. The first-order valence-corrected chi connectivity index (χ1v) is 9.39. The summed E-state index contributed by atoms with van der Waals surface area (Å²) < 4.78 is 38.9. The Labute approximate surface area is 172 Å². The van der Waals surface area contributed by atoms with Gasteiger partial charge in [0.2, 0.25) is 0 Å². The van der Waals surface area contributed by atoms with Crippen LogP contribution in [-0.4, -0.2) is 23.5 Å². The molecule has 0 aliphatic rings. The first kappa shape index (κ1) is 21.3. The Bertz CT molecular complexity index is 1210. The molecule has 0 radical (unpaired) electrons. The van der Waals surface area contributed by atoms with Crippen LogP contribution in [0.15, 0.2) is 47.3 Å². The molecular formula is C20H14F3N3O3S. The maximum absolute atomic E-state index is 13.0. The molecular weight excluding hydrogens is 419 g/mol. The van der Waals surface area contributed by atoms with Crippen LogP contribution in [0.2, 0.25) is 0 Å². The highest BCUT2D eigenvalue weighted by atomic mass is 32.1. The zero-order valence-corrected chi connectivity index (χ0v) is 16.4. The van der Waals surface area contributed by atoms with Gasteiger partial charge in [0.1, 0.15) is 4.70 Å². The summed E-state index contributed by atoms with van der Waals surface area (Å²) in [5.74, 6) is 5.91. The van der Waals surface area contributed by atoms with Gasteiger partial charge >= 0.3 is 6.18 Å². The first-order valence-electron chi connectivity index (χ1n) is 8.58. The van der Waals surface area contributed by atoms with Crippen LogP contribution in [-0.2, 0) is 12.6 Å². The second-order valence-electron chi connectivity index (χ2n) is 6.30. The molecule has 0 N–H and O–H groups in total. The van der Waals surface area contributed by atoms with Gasteiger partial charge in [-0.05, 0) is 11.6 Å². The van der Waals surface area contributed by atoms with Gasteiger partial charge in [0.25, 0.3) is 11.2 Å². The molecule has 30 heavy (non-hydrogen) atoms. The summed E-state index contributed by atoms with van der Waals surface area (Å²) in [5.41, 5.74) is -1.97. The van der Waals surface area contributed by atoms with Crippen molar-refractivity contribution < 1.29 is 18.1 Å². The molecule has 154 valence electrons. The Morgan fingerprint density at radius 2 is 1.90 bits per heavy atom. The maximum Gasteiger partial charge on any atom is 0.416 e. The van der Waals surface area contributed by atoms with Crippen molar-refractivity contribution in [3.63, 3.8) is 0 Å². The average Bonchev–Trinajstić information content (AvgIpc) is 2.70. The lowest BCUT2D eigenvalue weighted by molar-refractivity contribution is -0.383. The monoisotopic (exact) mass is 433 g/mol. The van der Waals surface area contributed by atoms with Gasteiger partial charge in [-0.25, -0.2) is 0 Å². The Morgan fingerprint density at radius 1 is 1.20 bits per heavy atom. The minimum absolute atomic E-state index is 0.129. The second-order valence-corrected chi connectivity index (χ2v) is 7.28. The topological polar surface area (TPSA) is 76.3 Å². The molecule has 0 amide bonds. The molecule has 0 unspecified atom stereocenters. The van der Waals surface area contributed by atoms with Gasteiger partial charge in [0.15, 0.2) is 5.13 Å². The minimum Gasteiger partial charge on any atom is -0.340 e. The van der Waals surface area contributed by atoms with Gasteiger partial charge in [-0.15, -0.1) is 0 Å². The number of halogens is 3. The molecule has 1 aromatic heterocycles. The molecule has 3 rings (SSSR count). The third-order valence-electron chi connectivity index (χ3n) is 4.12. The standard InChI is InChI=1S/C20H14F3N3O3S/c1-25(10-6-5-9-13-7-3-2-4-8-13)19-24-18(27)15-11-14(20(21,22)23)12-16(26(28)29)17(15)30-19/h2-4,7-8,11-12H,9-10H2,1H3. The summed E-state index contributed by atoms with van der Waals surface area (Å²) in [6.45, 7) is 0.190. The molecule has 0 saturated heterocycles. The van der Waals surface area contributed by atoms with Gasteiger partial charge in [-0.3, -0.25) is 14.9 Å². The number of hydrogen-bond donors (Lipinski definition) is 0. The molecule has 0 aliphatic carbocycles. The van der Waals surface area contributed by atoms with Crippen LogP contribution >= 0.6 is 11.3 Å². The number of hydrogen-bond acceptors (Lipinski definition) is 6. The van der Waals surface area contributed by atoms with Crippen LogP contribution in [0.1, 0.15) is 11.1 Å². The van der Waals surface area contributed by atoms with Crippen LogP contribution in [0.4, 0.5) is 24.0 Å². The van der Waals surface area contributed by atoms with E-state index in [9.17, 15) is 28.1 Å². The number of fused-ring (bicyclic) bond motifs is 1. The SMILES string of the molecule is CN(CC#CCc1ccccc1)c1nc(=O)c2cc(C(F)(F)F)cc([N+](=O)[O-])c2s1. The highest BCUT2D eigenvalue weighted by molar-refractivity contribution is 7.22. The summed E-state index contributed by atoms with van der Waals surface area (Å²) in [6.07, 6.45) is -4.29. The molecule has 0 saturated carbocycles. The fourth-order valence-corrected chi connectivity index (χ4v) is 3.63. The third kappa shape index (κ3) is 4.75. The Hall–Kier alpha value is -3.45. The molecule has 0 fully saturated rings. The van der Waals surface area contributed by atoms with E-state index in [0.29, 0.717) is 18.6 Å². The molecule has 2 aromatic carbocycles. The predicted molar refractivity (Wildman–Crippen MR) is 109 cm³/mol. The largest absolute Gasteiger partial charge is 0.416 e. The van der Waals surface area contributed by atoms with Gasteiger partial charge in [0, 0.05) is 19.5 Å². The van der Waals surface area contributed by atoms with Crippen molar-refractivity contribution in [2.75, 3.05) is 18.5 Å². The van der Waals surface area contributed by atoms with E-state index in [-0.39, 0.29) is 16.4 Å². The van der Waals surface area contributed by atoms with Gasteiger partial charge in [-0.2, -0.15) is 18.2 Å². The molecule has 0 spiro atoms. The number of rotatable bonds is 4. The second kappa shape index (κ2) is 8.51. The van der Waals surface area contributed by atoms with Crippen molar-refractivity contribution >= 4 is 32.2 Å². The van der Waals surface area contributed by atoms with E-state index in [2.05, 4.69) is 16.8 Å². The van der Waals surface area contributed by atoms with Gasteiger partial charge in [0.05, 0.1) is 22.4 Å². The molecule has 10 heteroatoms. The van der Waals surface area contributed by atoms with Crippen molar-refractivity contribution in [3.8, 4) is 11.8 Å². The highest BCUT2D eigenvalue weighted by Gasteiger charge is 2.34. The maximum atomic E-state index is 13.0. The number of benzene rings is 2. The molecule has 0 atom stereocenters. The predicted octanol–water partition coefficient (Wildman–Crippen LogP) is 4.27. The lowest BCUT2D eigenvalue weighted by atomic mass is 10.1. The van der Waals surface area contributed by atoms with Crippen LogP contribution < -0.4 is 10.5 Å². The summed E-state index contributed by atoms with van der Waals surface area (Å²) in [6, 6.07) is 10.6. The number of nitrogens with zero attached hydrogens (tertiary/aromatic N) is 3. The van der Waals surface area contributed by atoms with Crippen molar-refractivity contribution in [3.05, 3.63) is 74.1 Å². The van der Waals surface area contributed by atoms with E-state index in [1.165, 1.54) is 4.90 Å². The van der Waals surface area contributed by atoms with Crippen molar-refractivity contribution in [1.82, 2.24) is 4.98 Å². The van der Waals surface area contributed by atoms with Crippen LogP contribution in [0.3, 0.4) is 0 Å².